The van der Waals surface area contributed by atoms with Crippen LogP contribution in [0.5, 0.6) is 0 Å². The Labute approximate surface area is 126 Å². The number of nitro benzene ring substituents is 1. The van der Waals surface area contributed by atoms with Crippen molar-refractivity contribution in [1.82, 2.24) is 0 Å². The zero-order valence-electron chi connectivity index (χ0n) is 11.2. The highest BCUT2D eigenvalue weighted by molar-refractivity contribution is 7.85. The minimum Gasteiger partial charge on any atom is -0.298 e. The molecular weight excluding hydrogens is 310 g/mol. The van der Waals surface area contributed by atoms with Gasteiger partial charge in [-0.15, -0.1) is 0 Å². The molecule has 2 aromatic carbocycles. The normalized spacial score (nSPS) is 11.1. The van der Waals surface area contributed by atoms with Crippen molar-refractivity contribution in [2.24, 2.45) is 0 Å². The van der Waals surface area contributed by atoms with Gasteiger partial charge in [-0.1, -0.05) is 12.1 Å². The van der Waals surface area contributed by atoms with Crippen LogP contribution in [0.4, 0.5) is 5.69 Å². The Bertz CT molecular complexity index is 827. The maximum atomic E-state index is 11.1. The van der Waals surface area contributed by atoms with Crippen LogP contribution in [0, 0.1) is 10.1 Å². The van der Waals surface area contributed by atoms with Crippen molar-refractivity contribution in [3.8, 4) is 11.1 Å². The average molecular weight is 321 g/mol. The quantitative estimate of drug-likeness (QED) is 0.391. The second kappa shape index (κ2) is 6.04. The summed E-state index contributed by atoms with van der Waals surface area (Å²) in [6.45, 7) is 0. The van der Waals surface area contributed by atoms with E-state index in [1.54, 1.807) is 6.07 Å². The molecule has 1 N–H and O–H groups in total. The number of carbonyl (C=O) groups is 1. The molecule has 0 bridgehead atoms. The molecule has 0 saturated heterocycles. The predicted octanol–water partition coefficient (Wildman–Crippen LogP) is 2.46. The van der Waals surface area contributed by atoms with Gasteiger partial charge in [-0.3, -0.25) is 19.5 Å². The number of rotatable bonds is 5. The van der Waals surface area contributed by atoms with Gasteiger partial charge in [0, 0.05) is 17.7 Å². The van der Waals surface area contributed by atoms with Crippen LogP contribution in [0.15, 0.2) is 42.5 Å². The van der Waals surface area contributed by atoms with E-state index in [4.69, 9.17) is 4.55 Å². The van der Waals surface area contributed by atoms with Gasteiger partial charge in [0.05, 0.1) is 4.92 Å². The maximum absolute atomic E-state index is 11.1. The first-order chi connectivity index (χ1) is 10.3. The first-order valence-corrected chi connectivity index (χ1v) is 7.69. The summed E-state index contributed by atoms with van der Waals surface area (Å²) in [7, 11) is -4.24. The van der Waals surface area contributed by atoms with E-state index in [0.29, 0.717) is 17.4 Å². The fourth-order valence-electron chi connectivity index (χ4n) is 1.99. The molecule has 0 aliphatic carbocycles. The zero-order valence-corrected chi connectivity index (χ0v) is 12.0. The van der Waals surface area contributed by atoms with E-state index in [1.165, 1.54) is 36.4 Å². The highest BCUT2D eigenvalue weighted by Gasteiger charge is 2.12. The molecule has 7 nitrogen and oxygen atoms in total. The zero-order chi connectivity index (χ0) is 16.3. The molecule has 0 amide bonds. The molecule has 114 valence electrons. The molecule has 8 heteroatoms. The van der Waals surface area contributed by atoms with Gasteiger partial charge in [0.25, 0.3) is 15.8 Å². The Morgan fingerprint density at radius 1 is 1.09 bits per heavy atom. The van der Waals surface area contributed by atoms with E-state index >= 15 is 0 Å². The molecule has 0 spiro atoms. The van der Waals surface area contributed by atoms with Gasteiger partial charge in [-0.25, -0.2) is 0 Å². The minimum absolute atomic E-state index is 0.0534. The van der Waals surface area contributed by atoms with Crippen LogP contribution >= 0.6 is 0 Å². The number of nitrogens with zero attached hydrogens (tertiary/aromatic N) is 1. The van der Waals surface area contributed by atoms with E-state index < -0.39 is 20.8 Å². The maximum Gasteiger partial charge on any atom is 0.269 e. The van der Waals surface area contributed by atoms with Gasteiger partial charge in [0.2, 0.25) is 0 Å². The summed E-state index contributed by atoms with van der Waals surface area (Å²) in [5, 5.41) is 10.6. The summed E-state index contributed by atoms with van der Waals surface area (Å²) in [6.07, 6.45) is 0.495. The molecular formula is C14H11NO6S. The van der Waals surface area contributed by atoms with Crippen molar-refractivity contribution in [3.63, 3.8) is 0 Å². The number of nitro groups is 1. The van der Waals surface area contributed by atoms with Gasteiger partial charge in [-0.05, 0) is 34.9 Å². The Morgan fingerprint density at radius 2 is 1.68 bits per heavy atom. The third-order valence-electron chi connectivity index (χ3n) is 3.02. The van der Waals surface area contributed by atoms with Gasteiger partial charge >= 0.3 is 0 Å². The Morgan fingerprint density at radius 3 is 2.18 bits per heavy atom. The topological polar surface area (TPSA) is 115 Å². The lowest BCUT2D eigenvalue weighted by Gasteiger charge is -2.07. The number of hydrogen-bond acceptors (Lipinski definition) is 5. The van der Waals surface area contributed by atoms with Gasteiger partial charge in [0.1, 0.15) is 12.0 Å². The molecule has 0 saturated carbocycles. The SMILES string of the molecule is O=Cc1cc(-c2ccc([N+](=O)[O-])cc2)ccc1CS(=O)(=O)O. The fraction of sp³-hybridized carbons (Fsp3) is 0.0714. The van der Waals surface area contributed by atoms with Crippen LogP contribution < -0.4 is 0 Å². The van der Waals surface area contributed by atoms with Crippen LogP contribution in [0.25, 0.3) is 11.1 Å². The van der Waals surface area contributed by atoms with Crippen molar-refractivity contribution >= 4 is 22.1 Å². The molecule has 0 heterocycles. The molecule has 0 radical (unpaired) electrons. The predicted molar refractivity (Wildman–Crippen MR) is 79.2 cm³/mol. The molecule has 0 aliphatic rings. The lowest BCUT2D eigenvalue weighted by atomic mass is 10.00. The number of benzene rings is 2. The summed E-state index contributed by atoms with van der Waals surface area (Å²) >= 11 is 0. The lowest BCUT2D eigenvalue weighted by molar-refractivity contribution is -0.384. The summed E-state index contributed by atoms with van der Waals surface area (Å²) in [6, 6.07) is 10.2. The number of carbonyl (C=O) groups excluding carboxylic acids is 1. The minimum atomic E-state index is -4.24. The number of non-ortho nitro benzene ring substituents is 1. The standard InChI is InChI=1S/C14H11NO6S/c16-8-13-7-11(1-2-12(13)9-22(19,20)21)10-3-5-14(6-4-10)15(17)18/h1-8H,9H2,(H,19,20,21). The average Bonchev–Trinajstić information content (AvgIpc) is 2.46. The molecule has 0 aromatic heterocycles. The van der Waals surface area contributed by atoms with E-state index in [0.717, 1.165) is 0 Å². The Hall–Kier alpha value is -2.58. The highest BCUT2D eigenvalue weighted by atomic mass is 32.2. The highest BCUT2D eigenvalue weighted by Crippen LogP contribution is 2.25. The summed E-state index contributed by atoms with van der Waals surface area (Å²) in [5.41, 5.74) is 1.52. The summed E-state index contributed by atoms with van der Waals surface area (Å²) in [5.74, 6) is -0.651. The summed E-state index contributed by atoms with van der Waals surface area (Å²) in [4.78, 5) is 21.2. The Balaban J connectivity index is 2.41. The molecule has 22 heavy (non-hydrogen) atoms. The van der Waals surface area contributed by atoms with E-state index in [9.17, 15) is 23.3 Å². The van der Waals surface area contributed by atoms with E-state index in [-0.39, 0.29) is 16.8 Å². The smallest absolute Gasteiger partial charge is 0.269 e. The van der Waals surface area contributed by atoms with Crippen LogP contribution in [0.3, 0.4) is 0 Å². The lowest BCUT2D eigenvalue weighted by Crippen LogP contribution is -2.04. The molecule has 2 aromatic rings. The Kier molecular flexibility index (Phi) is 4.34. The fourth-order valence-corrected chi connectivity index (χ4v) is 2.64. The molecule has 0 fully saturated rings. The first kappa shape index (κ1) is 15.8. The molecule has 0 atom stereocenters. The van der Waals surface area contributed by atoms with Crippen LogP contribution in [-0.2, 0) is 15.9 Å². The van der Waals surface area contributed by atoms with Crippen LogP contribution in [-0.4, -0.2) is 24.2 Å². The number of aldehydes is 1. The third-order valence-corrected chi connectivity index (χ3v) is 3.70. The number of hydrogen-bond donors (Lipinski definition) is 1. The van der Waals surface area contributed by atoms with E-state index in [2.05, 4.69) is 0 Å². The van der Waals surface area contributed by atoms with Crippen molar-refractivity contribution in [2.75, 3.05) is 0 Å². The van der Waals surface area contributed by atoms with Crippen LogP contribution in [0.2, 0.25) is 0 Å². The summed E-state index contributed by atoms with van der Waals surface area (Å²) < 4.78 is 30.7. The van der Waals surface area contributed by atoms with E-state index in [1.807, 2.05) is 0 Å². The first-order valence-electron chi connectivity index (χ1n) is 6.08. The van der Waals surface area contributed by atoms with Crippen molar-refractivity contribution in [3.05, 3.63) is 63.7 Å². The largest absolute Gasteiger partial charge is 0.298 e. The molecule has 0 unspecified atom stereocenters. The van der Waals surface area contributed by atoms with Crippen molar-refractivity contribution < 1.29 is 22.7 Å². The second-order valence-electron chi connectivity index (χ2n) is 4.56. The van der Waals surface area contributed by atoms with Gasteiger partial charge < -0.3 is 0 Å². The molecule has 0 aliphatic heterocycles. The molecule has 2 rings (SSSR count). The van der Waals surface area contributed by atoms with Gasteiger partial charge in [0.15, 0.2) is 0 Å². The van der Waals surface area contributed by atoms with Crippen molar-refractivity contribution in [2.45, 2.75) is 5.75 Å². The van der Waals surface area contributed by atoms with Gasteiger partial charge in [-0.2, -0.15) is 8.42 Å². The monoisotopic (exact) mass is 321 g/mol. The van der Waals surface area contributed by atoms with Crippen molar-refractivity contribution in [1.29, 1.82) is 0 Å². The van der Waals surface area contributed by atoms with Crippen LogP contribution in [0.1, 0.15) is 15.9 Å². The third kappa shape index (κ3) is 3.74. The second-order valence-corrected chi connectivity index (χ2v) is 6.01.